The van der Waals surface area contributed by atoms with Crippen molar-refractivity contribution in [1.29, 1.82) is 0 Å². The minimum absolute atomic E-state index is 0.103. The summed E-state index contributed by atoms with van der Waals surface area (Å²) in [6.07, 6.45) is 5.95. The van der Waals surface area contributed by atoms with Gasteiger partial charge in [0.1, 0.15) is 6.29 Å². The normalized spacial score (nSPS) is 19.9. The molecule has 160 valence electrons. The fourth-order valence-corrected chi connectivity index (χ4v) is 4.95. The Kier molecular flexibility index (Phi) is 6.36. The molecule has 6 nitrogen and oxygen atoms in total. The fourth-order valence-electron chi connectivity index (χ4n) is 3.99. The van der Waals surface area contributed by atoms with Crippen LogP contribution in [0.4, 0.5) is 5.69 Å². The number of hydrogen-bond donors (Lipinski definition) is 1. The van der Waals surface area contributed by atoms with E-state index in [0.717, 1.165) is 27.6 Å². The number of aldehydes is 1. The quantitative estimate of drug-likeness (QED) is 0.468. The third-order valence-electron chi connectivity index (χ3n) is 5.67. The van der Waals surface area contributed by atoms with E-state index in [4.69, 9.17) is 17.3 Å². The molecule has 31 heavy (non-hydrogen) atoms. The molecule has 0 bridgehead atoms. The van der Waals surface area contributed by atoms with Gasteiger partial charge in [0.05, 0.1) is 21.9 Å². The highest BCUT2D eigenvalue weighted by molar-refractivity contribution is 7.17. The van der Waals surface area contributed by atoms with E-state index < -0.39 is 0 Å². The second-order valence-corrected chi connectivity index (χ2v) is 9.34. The third-order valence-corrected chi connectivity index (χ3v) is 6.87. The summed E-state index contributed by atoms with van der Waals surface area (Å²) in [6.45, 7) is 3.69. The van der Waals surface area contributed by atoms with Crippen LogP contribution in [0.3, 0.4) is 0 Å². The first kappa shape index (κ1) is 21.5. The standard InChI is InChI=1S/C23H23ClN4O2S/c1-15-21(14-29)27(13-16-2-5-18-19(25)8-9-26-20(18)12-16)10-11-28(15)23(30)7-4-17-3-6-22(24)31-17/h2-9,12,14-15,21H,10-11,13H2,1H3,(H2,25,26)/t15-,21?/m0/s1. The predicted molar refractivity (Wildman–Crippen MR) is 126 cm³/mol. The van der Waals surface area contributed by atoms with Gasteiger partial charge in [-0.1, -0.05) is 23.7 Å². The summed E-state index contributed by atoms with van der Waals surface area (Å²) in [5.74, 6) is -0.103. The van der Waals surface area contributed by atoms with Crippen LogP contribution in [0.1, 0.15) is 17.4 Å². The van der Waals surface area contributed by atoms with E-state index in [1.807, 2.05) is 31.2 Å². The smallest absolute Gasteiger partial charge is 0.246 e. The van der Waals surface area contributed by atoms with Crippen LogP contribution in [0, 0.1) is 0 Å². The minimum atomic E-state index is -0.383. The average molecular weight is 455 g/mol. The summed E-state index contributed by atoms with van der Waals surface area (Å²) >= 11 is 7.36. The van der Waals surface area contributed by atoms with Crippen LogP contribution in [0.5, 0.6) is 0 Å². The summed E-state index contributed by atoms with van der Waals surface area (Å²) in [6, 6.07) is 10.8. The Bertz CT molecular complexity index is 1150. The average Bonchev–Trinajstić information content (AvgIpc) is 3.17. The zero-order chi connectivity index (χ0) is 22.0. The van der Waals surface area contributed by atoms with Gasteiger partial charge in [-0.3, -0.25) is 14.7 Å². The van der Waals surface area contributed by atoms with Gasteiger partial charge in [0.2, 0.25) is 5.91 Å². The summed E-state index contributed by atoms with van der Waals surface area (Å²) in [4.78, 5) is 33.9. The Morgan fingerprint density at radius 3 is 2.87 bits per heavy atom. The van der Waals surface area contributed by atoms with E-state index >= 15 is 0 Å². The summed E-state index contributed by atoms with van der Waals surface area (Å²) in [7, 11) is 0. The summed E-state index contributed by atoms with van der Waals surface area (Å²) in [5, 5.41) is 0.917. The van der Waals surface area contributed by atoms with Crippen LogP contribution in [-0.4, -0.2) is 52.2 Å². The molecule has 4 rings (SSSR count). The van der Waals surface area contributed by atoms with Crippen LogP contribution in [0.25, 0.3) is 17.0 Å². The van der Waals surface area contributed by atoms with Crippen LogP contribution in [0.15, 0.2) is 48.7 Å². The SMILES string of the molecule is C[C@H]1C(C=O)N(Cc2ccc3c(N)ccnc3c2)CCN1C(=O)C=Cc1ccc(Cl)s1. The zero-order valence-corrected chi connectivity index (χ0v) is 18.6. The number of carbonyl (C=O) groups is 2. The Balaban J connectivity index is 1.46. The number of hydrogen-bond acceptors (Lipinski definition) is 6. The molecule has 0 saturated carbocycles. The Labute approximate surface area is 189 Å². The molecule has 8 heteroatoms. The second-order valence-electron chi connectivity index (χ2n) is 7.60. The molecular formula is C23H23ClN4O2S. The molecule has 1 aliphatic rings. The van der Waals surface area contributed by atoms with Gasteiger partial charge in [0.25, 0.3) is 0 Å². The number of nitrogens with two attached hydrogens (primary N) is 1. The number of anilines is 1. The molecule has 2 N–H and O–H groups in total. The number of amides is 1. The van der Waals surface area contributed by atoms with Crippen molar-refractivity contribution >= 4 is 57.8 Å². The molecule has 1 amide bonds. The highest BCUT2D eigenvalue weighted by Gasteiger charge is 2.35. The van der Waals surface area contributed by atoms with Gasteiger partial charge in [-0.25, -0.2) is 0 Å². The molecule has 2 aromatic heterocycles. The molecule has 0 radical (unpaired) electrons. The first-order chi connectivity index (χ1) is 15.0. The zero-order valence-electron chi connectivity index (χ0n) is 17.1. The monoisotopic (exact) mass is 454 g/mol. The predicted octanol–water partition coefficient (Wildman–Crippen LogP) is 3.85. The lowest BCUT2D eigenvalue weighted by atomic mass is 10.0. The Morgan fingerprint density at radius 2 is 2.13 bits per heavy atom. The van der Waals surface area contributed by atoms with Gasteiger partial charge < -0.3 is 15.4 Å². The maximum atomic E-state index is 12.7. The molecule has 0 aliphatic carbocycles. The van der Waals surface area contributed by atoms with Crippen LogP contribution in [0.2, 0.25) is 4.34 Å². The van der Waals surface area contributed by atoms with Crippen molar-refractivity contribution in [3.05, 3.63) is 63.4 Å². The van der Waals surface area contributed by atoms with E-state index in [1.165, 1.54) is 11.3 Å². The number of fused-ring (bicyclic) bond motifs is 1. The van der Waals surface area contributed by atoms with Crippen molar-refractivity contribution in [2.75, 3.05) is 18.8 Å². The maximum absolute atomic E-state index is 12.7. The minimum Gasteiger partial charge on any atom is -0.398 e. The number of nitrogen functional groups attached to an aromatic ring is 1. The Hall–Kier alpha value is -2.74. The van der Waals surface area contributed by atoms with Gasteiger partial charge in [-0.05, 0) is 42.8 Å². The van der Waals surface area contributed by atoms with Crippen LogP contribution < -0.4 is 5.73 Å². The lowest BCUT2D eigenvalue weighted by Crippen LogP contribution is -2.60. The molecular weight excluding hydrogens is 432 g/mol. The lowest BCUT2D eigenvalue weighted by molar-refractivity contribution is -0.134. The molecule has 1 saturated heterocycles. The van der Waals surface area contributed by atoms with Crippen molar-refractivity contribution in [1.82, 2.24) is 14.8 Å². The van der Waals surface area contributed by atoms with Crippen molar-refractivity contribution < 1.29 is 9.59 Å². The van der Waals surface area contributed by atoms with E-state index in [0.29, 0.717) is 29.7 Å². The number of benzene rings is 1. The number of halogens is 1. The molecule has 1 unspecified atom stereocenters. The fraction of sp³-hybridized carbons (Fsp3) is 0.261. The lowest BCUT2D eigenvalue weighted by Gasteiger charge is -2.43. The third kappa shape index (κ3) is 4.63. The number of thiophene rings is 1. The van der Waals surface area contributed by atoms with Crippen molar-refractivity contribution in [3.8, 4) is 0 Å². The number of aromatic nitrogens is 1. The van der Waals surface area contributed by atoms with E-state index in [-0.39, 0.29) is 18.0 Å². The molecule has 2 atom stereocenters. The largest absolute Gasteiger partial charge is 0.398 e. The van der Waals surface area contributed by atoms with Gasteiger partial charge in [-0.15, -0.1) is 11.3 Å². The summed E-state index contributed by atoms with van der Waals surface area (Å²) < 4.78 is 0.682. The first-order valence-corrected chi connectivity index (χ1v) is 11.2. The van der Waals surface area contributed by atoms with Gasteiger partial charge >= 0.3 is 0 Å². The molecule has 0 spiro atoms. The maximum Gasteiger partial charge on any atom is 0.246 e. The van der Waals surface area contributed by atoms with Gasteiger partial charge in [-0.2, -0.15) is 0 Å². The second kappa shape index (κ2) is 9.18. The van der Waals surface area contributed by atoms with Crippen molar-refractivity contribution in [2.45, 2.75) is 25.6 Å². The number of rotatable bonds is 5. The number of nitrogens with zero attached hydrogens (tertiary/aromatic N) is 3. The number of carbonyl (C=O) groups excluding carboxylic acids is 2. The molecule has 1 fully saturated rings. The number of piperazine rings is 1. The number of pyridine rings is 1. The molecule has 1 aliphatic heterocycles. The molecule has 3 aromatic rings. The highest BCUT2D eigenvalue weighted by atomic mass is 35.5. The van der Waals surface area contributed by atoms with Crippen LogP contribution >= 0.6 is 22.9 Å². The summed E-state index contributed by atoms with van der Waals surface area (Å²) in [5.41, 5.74) is 8.60. The van der Waals surface area contributed by atoms with E-state index in [1.54, 1.807) is 35.4 Å². The Morgan fingerprint density at radius 1 is 1.29 bits per heavy atom. The van der Waals surface area contributed by atoms with Gasteiger partial charge in [0.15, 0.2) is 0 Å². The molecule has 1 aromatic carbocycles. The first-order valence-electron chi connectivity index (χ1n) is 10.0. The van der Waals surface area contributed by atoms with E-state index in [9.17, 15) is 9.59 Å². The molecule has 3 heterocycles. The highest BCUT2D eigenvalue weighted by Crippen LogP contribution is 2.25. The van der Waals surface area contributed by atoms with E-state index in [2.05, 4.69) is 9.88 Å². The topological polar surface area (TPSA) is 79.5 Å². The van der Waals surface area contributed by atoms with Crippen LogP contribution in [-0.2, 0) is 16.1 Å². The van der Waals surface area contributed by atoms with Gasteiger partial charge in [0, 0.05) is 47.9 Å². The van der Waals surface area contributed by atoms with Crippen molar-refractivity contribution in [2.24, 2.45) is 0 Å². The van der Waals surface area contributed by atoms with Crippen molar-refractivity contribution in [3.63, 3.8) is 0 Å².